The number of ether oxygens (including phenoxy) is 1. The first-order valence-corrected chi connectivity index (χ1v) is 7.57. The lowest BCUT2D eigenvalue weighted by Crippen LogP contribution is -2.25. The molecule has 0 radical (unpaired) electrons. The van der Waals surface area contributed by atoms with Gasteiger partial charge in [0.1, 0.15) is 12.4 Å². The van der Waals surface area contributed by atoms with Gasteiger partial charge in [0.25, 0.3) is 0 Å². The van der Waals surface area contributed by atoms with Gasteiger partial charge >= 0.3 is 0 Å². The number of likely N-dealkylation sites (tertiary alicyclic amines) is 1. The van der Waals surface area contributed by atoms with E-state index in [0.717, 1.165) is 31.7 Å². The largest absolute Gasteiger partial charge is 0.492 e. The Bertz CT molecular complexity index is 427. The molecule has 3 nitrogen and oxygen atoms in total. The number of benzene rings is 1. The van der Waals surface area contributed by atoms with Gasteiger partial charge in [0, 0.05) is 12.6 Å². The van der Waals surface area contributed by atoms with E-state index >= 15 is 0 Å². The van der Waals surface area contributed by atoms with Crippen molar-refractivity contribution in [2.45, 2.75) is 38.1 Å². The van der Waals surface area contributed by atoms with E-state index in [-0.39, 0.29) is 6.04 Å². The molecule has 0 saturated carbocycles. The standard InChI is InChI=1S/C16H24N2O/c17-15-7-3-6-14-13(15)5-4-8-16(14)19-12-11-18-9-1-2-10-18/h4-5,8,15H,1-3,6-7,9-12,17H2. The lowest BCUT2D eigenvalue weighted by Gasteiger charge is -2.25. The number of fused-ring (bicyclic) bond motifs is 1. The minimum atomic E-state index is 0.200. The second-order valence-corrected chi connectivity index (χ2v) is 5.72. The fourth-order valence-corrected chi connectivity index (χ4v) is 3.28. The highest BCUT2D eigenvalue weighted by Gasteiger charge is 2.20. The summed E-state index contributed by atoms with van der Waals surface area (Å²) in [6, 6.07) is 6.54. The van der Waals surface area contributed by atoms with Crippen LogP contribution in [-0.4, -0.2) is 31.1 Å². The molecule has 1 aliphatic heterocycles. The SMILES string of the molecule is NC1CCCc2c(OCCN3CCCC3)cccc21. The van der Waals surface area contributed by atoms with Crippen molar-refractivity contribution in [1.82, 2.24) is 4.90 Å². The van der Waals surface area contributed by atoms with Crippen molar-refractivity contribution in [3.05, 3.63) is 29.3 Å². The number of rotatable bonds is 4. The smallest absolute Gasteiger partial charge is 0.122 e. The predicted molar refractivity (Wildman–Crippen MR) is 77.5 cm³/mol. The maximum atomic E-state index is 6.18. The molecule has 3 heteroatoms. The van der Waals surface area contributed by atoms with Crippen LogP contribution in [0.5, 0.6) is 5.75 Å². The van der Waals surface area contributed by atoms with Gasteiger partial charge in [-0.05, 0) is 62.4 Å². The number of nitrogens with two attached hydrogens (primary N) is 1. The summed E-state index contributed by atoms with van der Waals surface area (Å²) in [7, 11) is 0. The summed E-state index contributed by atoms with van der Waals surface area (Å²) < 4.78 is 6.02. The van der Waals surface area contributed by atoms with Crippen LogP contribution >= 0.6 is 0 Å². The van der Waals surface area contributed by atoms with E-state index in [2.05, 4.69) is 23.1 Å². The van der Waals surface area contributed by atoms with Gasteiger partial charge in [0.2, 0.25) is 0 Å². The molecule has 0 bridgehead atoms. The molecule has 104 valence electrons. The average molecular weight is 260 g/mol. The van der Waals surface area contributed by atoms with Crippen LogP contribution in [0.2, 0.25) is 0 Å². The van der Waals surface area contributed by atoms with Crippen molar-refractivity contribution >= 4 is 0 Å². The van der Waals surface area contributed by atoms with Gasteiger partial charge < -0.3 is 10.5 Å². The van der Waals surface area contributed by atoms with Crippen molar-refractivity contribution in [2.75, 3.05) is 26.2 Å². The molecule has 1 atom stereocenters. The van der Waals surface area contributed by atoms with Crippen LogP contribution in [0, 0.1) is 0 Å². The van der Waals surface area contributed by atoms with E-state index in [1.165, 1.54) is 43.5 Å². The summed E-state index contributed by atoms with van der Waals surface area (Å²) in [6.07, 6.45) is 6.08. The first-order chi connectivity index (χ1) is 9.34. The molecule has 1 saturated heterocycles. The molecular formula is C16H24N2O. The average Bonchev–Trinajstić information content (AvgIpc) is 2.93. The summed E-state index contributed by atoms with van der Waals surface area (Å²) in [4.78, 5) is 2.49. The Balaban J connectivity index is 1.62. The highest BCUT2D eigenvalue weighted by Crippen LogP contribution is 2.33. The Morgan fingerprint density at radius 1 is 1.21 bits per heavy atom. The van der Waals surface area contributed by atoms with Gasteiger partial charge in [-0.3, -0.25) is 4.90 Å². The Morgan fingerprint density at radius 2 is 2.05 bits per heavy atom. The van der Waals surface area contributed by atoms with Crippen LogP contribution in [0.3, 0.4) is 0 Å². The van der Waals surface area contributed by atoms with Gasteiger partial charge in [0.15, 0.2) is 0 Å². The van der Waals surface area contributed by atoms with Crippen LogP contribution in [0.1, 0.15) is 42.9 Å². The maximum absolute atomic E-state index is 6.18. The van der Waals surface area contributed by atoms with E-state index < -0.39 is 0 Å². The quantitative estimate of drug-likeness (QED) is 0.904. The van der Waals surface area contributed by atoms with E-state index in [1.807, 2.05) is 0 Å². The first kappa shape index (κ1) is 12.9. The van der Waals surface area contributed by atoms with Crippen LogP contribution in [0.15, 0.2) is 18.2 Å². The zero-order valence-electron chi connectivity index (χ0n) is 11.6. The lowest BCUT2D eigenvalue weighted by atomic mass is 9.88. The summed E-state index contributed by atoms with van der Waals surface area (Å²) in [5.41, 5.74) is 8.83. The zero-order chi connectivity index (χ0) is 13.1. The van der Waals surface area contributed by atoms with E-state index in [1.54, 1.807) is 0 Å². The molecule has 1 unspecified atom stereocenters. The van der Waals surface area contributed by atoms with Crippen molar-refractivity contribution in [2.24, 2.45) is 5.73 Å². The summed E-state index contributed by atoms with van der Waals surface area (Å²) in [5, 5.41) is 0. The van der Waals surface area contributed by atoms with Gasteiger partial charge in [-0.15, -0.1) is 0 Å². The molecule has 1 fully saturated rings. The highest BCUT2D eigenvalue weighted by atomic mass is 16.5. The van der Waals surface area contributed by atoms with Crippen LogP contribution in [0.4, 0.5) is 0 Å². The van der Waals surface area contributed by atoms with Gasteiger partial charge in [-0.1, -0.05) is 12.1 Å². The third-order valence-electron chi connectivity index (χ3n) is 4.37. The second kappa shape index (κ2) is 5.93. The maximum Gasteiger partial charge on any atom is 0.122 e. The van der Waals surface area contributed by atoms with Crippen molar-refractivity contribution in [3.63, 3.8) is 0 Å². The number of hydrogen-bond acceptors (Lipinski definition) is 3. The highest BCUT2D eigenvalue weighted by molar-refractivity contribution is 5.43. The monoisotopic (exact) mass is 260 g/mol. The van der Waals surface area contributed by atoms with Gasteiger partial charge in [0.05, 0.1) is 0 Å². The first-order valence-electron chi connectivity index (χ1n) is 7.57. The van der Waals surface area contributed by atoms with Crippen LogP contribution < -0.4 is 10.5 Å². The molecule has 0 amide bonds. The van der Waals surface area contributed by atoms with E-state index in [0.29, 0.717) is 0 Å². The fraction of sp³-hybridized carbons (Fsp3) is 0.625. The minimum Gasteiger partial charge on any atom is -0.492 e. The third-order valence-corrected chi connectivity index (χ3v) is 4.37. The molecule has 1 heterocycles. The number of hydrogen-bond donors (Lipinski definition) is 1. The molecule has 1 aromatic carbocycles. The zero-order valence-corrected chi connectivity index (χ0v) is 11.6. The summed E-state index contributed by atoms with van der Waals surface area (Å²) in [6.45, 7) is 4.32. The van der Waals surface area contributed by atoms with Crippen molar-refractivity contribution in [3.8, 4) is 5.75 Å². The molecule has 3 rings (SSSR count). The molecule has 1 aliphatic carbocycles. The Hall–Kier alpha value is -1.06. The van der Waals surface area contributed by atoms with E-state index in [9.17, 15) is 0 Å². The molecule has 2 aliphatic rings. The van der Waals surface area contributed by atoms with Crippen molar-refractivity contribution in [1.29, 1.82) is 0 Å². The summed E-state index contributed by atoms with van der Waals surface area (Å²) >= 11 is 0. The number of nitrogens with zero attached hydrogens (tertiary/aromatic N) is 1. The molecule has 0 spiro atoms. The topological polar surface area (TPSA) is 38.5 Å². The van der Waals surface area contributed by atoms with Crippen LogP contribution in [0.25, 0.3) is 0 Å². The van der Waals surface area contributed by atoms with Gasteiger partial charge in [-0.25, -0.2) is 0 Å². The molecule has 1 aromatic rings. The van der Waals surface area contributed by atoms with E-state index in [4.69, 9.17) is 10.5 Å². The Labute approximate surface area is 115 Å². The predicted octanol–water partition coefficient (Wildman–Crippen LogP) is 2.50. The Kier molecular flexibility index (Phi) is 4.04. The molecular weight excluding hydrogens is 236 g/mol. The third kappa shape index (κ3) is 2.93. The minimum absolute atomic E-state index is 0.200. The molecule has 2 N–H and O–H groups in total. The summed E-state index contributed by atoms with van der Waals surface area (Å²) in [5.74, 6) is 1.06. The van der Waals surface area contributed by atoms with Crippen LogP contribution in [-0.2, 0) is 6.42 Å². The molecule has 0 aromatic heterocycles. The van der Waals surface area contributed by atoms with Gasteiger partial charge in [-0.2, -0.15) is 0 Å². The second-order valence-electron chi connectivity index (χ2n) is 5.72. The lowest BCUT2D eigenvalue weighted by molar-refractivity contribution is 0.235. The normalized spacial score (nSPS) is 23.3. The fourth-order valence-electron chi connectivity index (χ4n) is 3.28. The van der Waals surface area contributed by atoms with Crippen molar-refractivity contribution < 1.29 is 4.74 Å². The Morgan fingerprint density at radius 3 is 2.89 bits per heavy atom. The molecule has 19 heavy (non-hydrogen) atoms.